The molecule has 1 saturated heterocycles. The molecule has 3 amide bonds. The molecule has 0 spiro atoms. The smallest absolute Gasteiger partial charge is 0.261 e. The molecule has 31 heavy (non-hydrogen) atoms. The van der Waals surface area contributed by atoms with Crippen LogP contribution < -0.4 is 15.0 Å². The van der Waals surface area contributed by atoms with E-state index in [-0.39, 0.29) is 23.8 Å². The van der Waals surface area contributed by atoms with Gasteiger partial charge >= 0.3 is 0 Å². The normalized spacial score (nSPS) is 20.5. The molecule has 0 radical (unpaired) electrons. The highest BCUT2D eigenvalue weighted by atomic mass is 16.5. The third-order valence-electron chi connectivity index (χ3n) is 6.15. The highest BCUT2D eigenvalue weighted by Crippen LogP contribution is 2.22. The summed E-state index contributed by atoms with van der Waals surface area (Å²) in [6, 6.07) is 14.3. The van der Waals surface area contributed by atoms with Crippen LogP contribution in [0.2, 0.25) is 0 Å². The minimum absolute atomic E-state index is 0.0713. The summed E-state index contributed by atoms with van der Waals surface area (Å²) in [4.78, 5) is 40.2. The molecule has 0 bridgehead atoms. The maximum Gasteiger partial charge on any atom is 0.261 e. The van der Waals surface area contributed by atoms with Crippen molar-refractivity contribution in [1.82, 2.24) is 10.2 Å². The summed E-state index contributed by atoms with van der Waals surface area (Å²) in [6.45, 7) is 3.28. The molecular weight excluding hydrogens is 394 g/mol. The highest BCUT2D eigenvalue weighted by Gasteiger charge is 2.35. The molecule has 7 heteroatoms. The van der Waals surface area contributed by atoms with E-state index in [1.165, 1.54) is 9.80 Å². The van der Waals surface area contributed by atoms with Crippen LogP contribution in [-0.4, -0.2) is 62.0 Å². The monoisotopic (exact) mass is 422 g/mol. The van der Waals surface area contributed by atoms with Gasteiger partial charge in [-0.3, -0.25) is 19.3 Å². The number of quaternary nitrogens is 1. The van der Waals surface area contributed by atoms with Gasteiger partial charge in [-0.25, -0.2) is 0 Å². The van der Waals surface area contributed by atoms with Crippen LogP contribution in [0.3, 0.4) is 0 Å². The Hall–Kier alpha value is -3.19. The fourth-order valence-electron chi connectivity index (χ4n) is 4.38. The van der Waals surface area contributed by atoms with Crippen LogP contribution in [0.1, 0.15) is 50.3 Å². The first-order chi connectivity index (χ1) is 15.1. The van der Waals surface area contributed by atoms with Gasteiger partial charge in [-0.1, -0.05) is 18.2 Å². The predicted octanol–water partition coefficient (Wildman–Crippen LogP) is 1.16. The number of methoxy groups -OCH3 is 1. The number of nitrogens with one attached hydrogen (secondary N) is 2. The lowest BCUT2D eigenvalue weighted by Crippen LogP contribution is -3.13. The number of carbonyl (C=O) groups is 3. The average molecular weight is 423 g/mol. The van der Waals surface area contributed by atoms with Crippen LogP contribution in [-0.2, 0) is 0 Å². The summed E-state index contributed by atoms with van der Waals surface area (Å²) < 4.78 is 5.19. The summed E-state index contributed by atoms with van der Waals surface area (Å²) >= 11 is 0. The van der Waals surface area contributed by atoms with Crippen LogP contribution in [0.5, 0.6) is 5.75 Å². The van der Waals surface area contributed by atoms with Gasteiger partial charge in [-0.15, -0.1) is 0 Å². The van der Waals surface area contributed by atoms with Crippen molar-refractivity contribution in [2.24, 2.45) is 0 Å². The molecule has 2 aromatic carbocycles. The van der Waals surface area contributed by atoms with Gasteiger partial charge in [-0.2, -0.15) is 0 Å². The molecule has 0 unspecified atom stereocenters. The molecule has 0 atom stereocenters. The average Bonchev–Trinajstić information content (AvgIpc) is 3.05. The zero-order valence-electron chi connectivity index (χ0n) is 17.7. The number of hydrogen-bond donors (Lipinski definition) is 2. The SMILES string of the molecule is COc1cccc(C(=O)NC2CC[NH+](CCCN3C(=O)c4ccccc4C3=O)CC2)c1. The molecular formula is C24H28N3O4+. The van der Waals surface area contributed by atoms with Gasteiger partial charge < -0.3 is 15.0 Å². The number of imide groups is 1. The Morgan fingerprint density at radius 1 is 1.06 bits per heavy atom. The number of hydrogen-bond acceptors (Lipinski definition) is 4. The predicted molar refractivity (Wildman–Crippen MR) is 115 cm³/mol. The summed E-state index contributed by atoms with van der Waals surface area (Å²) in [5.74, 6) is 0.229. The van der Waals surface area contributed by atoms with Crippen LogP contribution in [0.25, 0.3) is 0 Å². The molecule has 162 valence electrons. The quantitative estimate of drug-likeness (QED) is 0.657. The zero-order valence-corrected chi connectivity index (χ0v) is 17.7. The van der Waals surface area contributed by atoms with Gasteiger partial charge in [-0.05, 0) is 30.3 Å². The van der Waals surface area contributed by atoms with Gasteiger partial charge in [0.15, 0.2) is 0 Å². The van der Waals surface area contributed by atoms with E-state index < -0.39 is 0 Å². The highest BCUT2D eigenvalue weighted by molar-refractivity contribution is 6.21. The first-order valence-electron chi connectivity index (χ1n) is 10.8. The molecule has 0 aliphatic carbocycles. The largest absolute Gasteiger partial charge is 0.497 e. The molecule has 2 aliphatic heterocycles. The number of likely N-dealkylation sites (tertiary alicyclic amines) is 1. The lowest BCUT2D eigenvalue weighted by Gasteiger charge is -2.30. The van der Waals surface area contributed by atoms with E-state index in [0.717, 1.165) is 38.9 Å². The van der Waals surface area contributed by atoms with Crippen molar-refractivity contribution in [3.05, 3.63) is 65.2 Å². The maximum absolute atomic E-state index is 12.5. The zero-order chi connectivity index (χ0) is 21.8. The maximum atomic E-state index is 12.5. The van der Waals surface area contributed by atoms with Crippen LogP contribution in [0.15, 0.2) is 48.5 Å². The van der Waals surface area contributed by atoms with Crippen LogP contribution >= 0.6 is 0 Å². The standard InChI is InChI=1S/C24H27N3O4/c1-31-19-7-4-6-17(16-19)22(28)25-18-10-14-26(15-11-18)12-5-13-27-23(29)20-8-2-3-9-21(20)24(27)30/h2-4,6-9,16,18H,5,10-15H2,1H3,(H,25,28)/p+1. The molecule has 4 rings (SSSR count). The van der Waals surface area contributed by atoms with E-state index in [4.69, 9.17) is 4.74 Å². The Morgan fingerprint density at radius 3 is 2.39 bits per heavy atom. The number of ether oxygens (including phenoxy) is 1. The molecule has 2 aliphatic rings. The number of benzene rings is 2. The van der Waals surface area contributed by atoms with E-state index in [1.54, 1.807) is 43.5 Å². The fraction of sp³-hybridized carbons (Fsp3) is 0.375. The number of fused-ring (bicyclic) bond motifs is 1. The molecule has 0 saturated carbocycles. The Bertz CT molecular complexity index is 947. The number of amides is 3. The number of carbonyl (C=O) groups excluding carboxylic acids is 3. The number of rotatable bonds is 7. The second kappa shape index (κ2) is 9.31. The van der Waals surface area contributed by atoms with E-state index in [2.05, 4.69) is 5.32 Å². The van der Waals surface area contributed by atoms with Gasteiger partial charge in [0.2, 0.25) is 0 Å². The van der Waals surface area contributed by atoms with E-state index in [9.17, 15) is 14.4 Å². The molecule has 2 heterocycles. The van der Waals surface area contributed by atoms with Gasteiger partial charge in [0, 0.05) is 37.4 Å². The van der Waals surface area contributed by atoms with E-state index >= 15 is 0 Å². The van der Waals surface area contributed by atoms with Crippen molar-refractivity contribution in [2.45, 2.75) is 25.3 Å². The van der Waals surface area contributed by atoms with Crippen molar-refractivity contribution < 1.29 is 24.0 Å². The van der Waals surface area contributed by atoms with Crippen LogP contribution in [0.4, 0.5) is 0 Å². The fourth-order valence-corrected chi connectivity index (χ4v) is 4.38. The summed E-state index contributed by atoms with van der Waals surface area (Å²) in [7, 11) is 1.59. The van der Waals surface area contributed by atoms with Crippen molar-refractivity contribution in [1.29, 1.82) is 0 Å². The summed E-state index contributed by atoms with van der Waals surface area (Å²) in [5.41, 5.74) is 1.62. The topological polar surface area (TPSA) is 80.2 Å². The molecule has 2 aromatic rings. The van der Waals surface area contributed by atoms with Crippen molar-refractivity contribution >= 4 is 17.7 Å². The molecule has 0 aromatic heterocycles. The Kier molecular flexibility index (Phi) is 6.32. The van der Waals surface area contributed by atoms with Gasteiger partial charge in [0.1, 0.15) is 5.75 Å². The van der Waals surface area contributed by atoms with E-state index in [1.807, 2.05) is 12.1 Å². The molecule has 7 nitrogen and oxygen atoms in total. The van der Waals surface area contributed by atoms with Crippen molar-refractivity contribution in [3.63, 3.8) is 0 Å². The molecule has 2 N–H and O–H groups in total. The van der Waals surface area contributed by atoms with Crippen molar-refractivity contribution in [3.8, 4) is 5.75 Å². The molecule has 1 fully saturated rings. The van der Waals surface area contributed by atoms with Crippen LogP contribution in [0, 0.1) is 0 Å². The number of piperidine rings is 1. The third-order valence-corrected chi connectivity index (χ3v) is 6.15. The first kappa shape index (κ1) is 21.1. The Morgan fingerprint density at radius 2 is 1.74 bits per heavy atom. The lowest BCUT2D eigenvalue weighted by atomic mass is 10.0. The van der Waals surface area contributed by atoms with Crippen molar-refractivity contribution in [2.75, 3.05) is 33.3 Å². The second-order valence-corrected chi connectivity index (χ2v) is 8.14. The second-order valence-electron chi connectivity index (χ2n) is 8.14. The minimum Gasteiger partial charge on any atom is -0.497 e. The summed E-state index contributed by atoms with van der Waals surface area (Å²) in [5, 5.41) is 3.12. The van der Waals surface area contributed by atoms with Gasteiger partial charge in [0.05, 0.1) is 37.9 Å². The number of nitrogens with zero attached hydrogens (tertiary/aromatic N) is 1. The summed E-state index contributed by atoms with van der Waals surface area (Å²) in [6.07, 6.45) is 2.61. The Balaban J connectivity index is 1.20. The van der Waals surface area contributed by atoms with Gasteiger partial charge in [0.25, 0.3) is 17.7 Å². The first-order valence-corrected chi connectivity index (χ1v) is 10.8. The lowest BCUT2D eigenvalue weighted by molar-refractivity contribution is -0.905. The van der Waals surface area contributed by atoms with E-state index in [0.29, 0.717) is 29.0 Å². The third kappa shape index (κ3) is 4.61. The minimum atomic E-state index is -0.186. The Labute approximate surface area is 182 Å².